The van der Waals surface area contributed by atoms with Gasteiger partial charge in [0.05, 0.1) is 0 Å². The highest BCUT2D eigenvalue weighted by Gasteiger charge is 2.39. The molecular weight excluding hydrogens is 220 g/mol. The Hall–Kier alpha value is -2.04. The standard InChI is InChI=1S/C12H14N2O3/c1-7(15)13-9-4-2-3-8(5-9)10-6-11(10)14-12(16)17/h2-5,10-11,14H,6H2,1H3,(H,13,15)(H,16,17)/t10-,11+/m0/s1. The molecule has 1 aromatic rings. The molecule has 2 atom stereocenters. The molecule has 17 heavy (non-hydrogen) atoms. The van der Waals surface area contributed by atoms with Crippen LogP contribution in [0.15, 0.2) is 24.3 Å². The lowest BCUT2D eigenvalue weighted by Crippen LogP contribution is -2.24. The van der Waals surface area contributed by atoms with Crippen molar-refractivity contribution in [3.63, 3.8) is 0 Å². The van der Waals surface area contributed by atoms with Gasteiger partial charge in [0.2, 0.25) is 5.91 Å². The minimum atomic E-state index is -0.990. The van der Waals surface area contributed by atoms with E-state index in [1.54, 1.807) is 0 Å². The molecule has 0 aliphatic heterocycles. The summed E-state index contributed by atoms with van der Waals surface area (Å²) in [4.78, 5) is 21.4. The molecule has 1 fully saturated rings. The van der Waals surface area contributed by atoms with Gasteiger partial charge in [0, 0.05) is 24.6 Å². The van der Waals surface area contributed by atoms with Crippen molar-refractivity contribution in [2.45, 2.75) is 25.3 Å². The third-order valence-corrected chi connectivity index (χ3v) is 2.73. The molecule has 1 aliphatic rings. The number of amides is 2. The van der Waals surface area contributed by atoms with Crippen LogP contribution in [0.2, 0.25) is 0 Å². The summed E-state index contributed by atoms with van der Waals surface area (Å²) in [7, 11) is 0. The van der Waals surface area contributed by atoms with Crippen molar-refractivity contribution in [3.05, 3.63) is 29.8 Å². The van der Waals surface area contributed by atoms with E-state index >= 15 is 0 Å². The van der Waals surface area contributed by atoms with Crippen LogP contribution < -0.4 is 10.6 Å². The van der Waals surface area contributed by atoms with Crippen LogP contribution in [0.25, 0.3) is 0 Å². The molecule has 0 heterocycles. The lowest BCUT2D eigenvalue weighted by atomic mass is 10.1. The largest absolute Gasteiger partial charge is 0.465 e. The van der Waals surface area contributed by atoms with Crippen LogP contribution in [0.5, 0.6) is 0 Å². The molecule has 0 radical (unpaired) electrons. The van der Waals surface area contributed by atoms with Crippen LogP contribution in [0, 0.1) is 0 Å². The molecule has 5 heteroatoms. The third-order valence-electron chi connectivity index (χ3n) is 2.73. The summed E-state index contributed by atoms with van der Waals surface area (Å²) in [6, 6.07) is 7.50. The van der Waals surface area contributed by atoms with Crippen LogP contribution in [0.4, 0.5) is 10.5 Å². The predicted molar refractivity (Wildman–Crippen MR) is 63.1 cm³/mol. The Morgan fingerprint density at radius 2 is 2.18 bits per heavy atom. The summed E-state index contributed by atoms with van der Waals surface area (Å²) >= 11 is 0. The predicted octanol–water partition coefficient (Wildman–Crippen LogP) is 1.77. The number of hydrogen-bond donors (Lipinski definition) is 3. The van der Waals surface area contributed by atoms with Crippen LogP contribution in [-0.2, 0) is 4.79 Å². The second kappa shape index (κ2) is 4.45. The van der Waals surface area contributed by atoms with Crippen molar-refractivity contribution in [2.75, 3.05) is 5.32 Å². The number of rotatable bonds is 3. The fourth-order valence-corrected chi connectivity index (χ4v) is 1.93. The van der Waals surface area contributed by atoms with E-state index in [9.17, 15) is 9.59 Å². The number of carboxylic acid groups (broad SMARTS) is 1. The molecule has 1 aliphatic carbocycles. The van der Waals surface area contributed by atoms with Gasteiger partial charge < -0.3 is 15.7 Å². The fraction of sp³-hybridized carbons (Fsp3) is 0.333. The molecule has 0 unspecified atom stereocenters. The highest BCUT2D eigenvalue weighted by atomic mass is 16.4. The number of nitrogens with one attached hydrogen (secondary N) is 2. The topological polar surface area (TPSA) is 78.4 Å². The van der Waals surface area contributed by atoms with Crippen molar-refractivity contribution >= 4 is 17.7 Å². The average molecular weight is 234 g/mol. The van der Waals surface area contributed by atoms with Gasteiger partial charge in [-0.3, -0.25) is 4.79 Å². The quantitative estimate of drug-likeness (QED) is 0.745. The van der Waals surface area contributed by atoms with E-state index in [1.807, 2.05) is 24.3 Å². The van der Waals surface area contributed by atoms with Crippen LogP contribution >= 0.6 is 0 Å². The summed E-state index contributed by atoms with van der Waals surface area (Å²) in [5.74, 6) is 0.109. The normalized spacial score (nSPS) is 21.7. The first-order valence-electron chi connectivity index (χ1n) is 5.43. The molecule has 0 spiro atoms. The summed E-state index contributed by atoms with van der Waals surface area (Å²) in [5, 5.41) is 13.8. The smallest absolute Gasteiger partial charge is 0.404 e. The molecule has 5 nitrogen and oxygen atoms in total. The minimum absolute atomic E-state index is 0.0000723. The molecule has 0 saturated heterocycles. The molecular formula is C12H14N2O3. The fourth-order valence-electron chi connectivity index (χ4n) is 1.93. The monoisotopic (exact) mass is 234 g/mol. The van der Waals surface area contributed by atoms with Gasteiger partial charge in [-0.1, -0.05) is 12.1 Å². The first-order valence-corrected chi connectivity index (χ1v) is 5.43. The Morgan fingerprint density at radius 1 is 1.41 bits per heavy atom. The molecule has 2 amide bonds. The Balaban J connectivity index is 2.03. The van der Waals surface area contributed by atoms with E-state index < -0.39 is 6.09 Å². The zero-order valence-corrected chi connectivity index (χ0v) is 9.43. The zero-order valence-electron chi connectivity index (χ0n) is 9.43. The van der Waals surface area contributed by atoms with Gasteiger partial charge >= 0.3 is 6.09 Å². The number of carbonyl (C=O) groups excluding carboxylic acids is 1. The number of anilines is 1. The van der Waals surface area contributed by atoms with Gasteiger partial charge in [-0.25, -0.2) is 4.79 Å². The number of benzene rings is 1. The first-order chi connectivity index (χ1) is 8.06. The Labute approximate surface area is 98.8 Å². The van der Waals surface area contributed by atoms with Crippen molar-refractivity contribution < 1.29 is 14.7 Å². The van der Waals surface area contributed by atoms with Gasteiger partial charge in [0.1, 0.15) is 0 Å². The van der Waals surface area contributed by atoms with Crippen LogP contribution in [0.3, 0.4) is 0 Å². The summed E-state index contributed by atoms with van der Waals surface area (Å²) in [6.07, 6.45) is -0.175. The van der Waals surface area contributed by atoms with Crippen molar-refractivity contribution in [3.8, 4) is 0 Å². The van der Waals surface area contributed by atoms with Gasteiger partial charge in [0.25, 0.3) is 0 Å². The summed E-state index contributed by atoms with van der Waals surface area (Å²) in [6.45, 7) is 1.46. The molecule has 3 N–H and O–H groups in total. The molecule has 1 saturated carbocycles. The van der Waals surface area contributed by atoms with E-state index in [4.69, 9.17) is 5.11 Å². The van der Waals surface area contributed by atoms with E-state index in [-0.39, 0.29) is 17.9 Å². The number of carbonyl (C=O) groups is 2. The first kappa shape index (κ1) is 11.4. The van der Waals surface area contributed by atoms with Crippen molar-refractivity contribution in [1.82, 2.24) is 5.32 Å². The maximum atomic E-state index is 10.9. The summed E-state index contributed by atoms with van der Waals surface area (Å²) < 4.78 is 0. The average Bonchev–Trinajstić information content (AvgIpc) is 2.95. The SMILES string of the molecule is CC(=O)Nc1cccc([C@@H]2C[C@H]2NC(=O)O)c1. The summed E-state index contributed by atoms with van der Waals surface area (Å²) in [5.41, 5.74) is 1.80. The lowest BCUT2D eigenvalue weighted by molar-refractivity contribution is -0.114. The molecule has 0 aromatic heterocycles. The maximum Gasteiger partial charge on any atom is 0.404 e. The molecule has 2 rings (SSSR count). The Morgan fingerprint density at radius 3 is 2.82 bits per heavy atom. The molecule has 90 valence electrons. The second-order valence-corrected chi connectivity index (χ2v) is 4.20. The third kappa shape index (κ3) is 2.96. The molecule has 1 aromatic carbocycles. The lowest BCUT2D eigenvalue weighted by Gasteiger charge is -2.05. The van der Waals surface area contributed by atoms with Crippen molar-refractivity contribution in [2.24, 2.45) is 0 Å². The van der Waals surface area contributed by atoms with Crippen LogP contribution in [0.1, 0.15) is 24.8 Å². The highest BCUT2D eigenvalue weighted by Crippen LogP contribution is 2.41. The number of hydrogen-bond acceptors (Lipinski definition) is 2. The van der Waals surface area contributed by atoms with E-state index in [2.05, 4.69) is 10.6 Å². The van der Waals surface area contributed by atoms with Crippen LogP contribution in [-0.4, -0.2) is 23.1 Å². The van der Waals surface area contributed by atoms with E-state index in [1.165, 1.54) is 6.92 Å². The maximum absolute atomic E-state index is 10.9. The Kier molecular flexibility index (Phi) is 2.99. The highest BCUT2D eigenvalue weighted by molar-refractivity contribution is 5.88. The molecule has 0 bridgehead atoms. The van der Waals surface area contributed by atoms with Crippen molar-refractivity contribution in [1.29, 1.82) is 0 Å². The van der Waals surface area contributed by atoms with E-state index in [0.29, 0.717) is 0 Å². The Bertz CT molecular complexity index is 459. The minimum Gasteiger partial charge on any atom is -0.465 e. The zero-order chi connectivity index (χ0) is 12.4. The van der Waals surface area contributed by atoms with Gasteiger partial charge in [-0.05, 0) is 24.1 Å². The second-order valence-electron chi connectivity index (χ2n) is 4.20. The van der Waals surface area contributed by atoms with Gasteiger partial charge in [-0.15, -0.1) is 0 Å². The van der Waals surface area contributed by atoms with Gasteiger partial charge in [-0.2, -0.15) is 0 Å². The van der Waals surface area contributed by atoms with E-state index in [0.717, 1.165) is 17.7 Å². The van der Waals surface area contributed by atoms with Gasteiger partial charge in [0.15, 0.2) is 0 Å².